The number of hydrogen-bond donors (Lipinski definition) is 0. The van der Waals surface area contributed by atoms with Crippen LogP contribution < -0.4 is 5.56 Å². The minimum atomic E-state index is -2.47. The molecule has 4 atom stereocenters. The molecule has 4 bridgehead atoms. The van der Waals surface area contributed by atoms with Crippen LogP contribution in [0.3, 0.4) is 0 Å². The molecule has 1 aromatic heterocycles. The lowest BCUT2D eigenvalue weighted by Gasteiger charge is -2.47. The summed E-state index contributed by atoms with van der Waals surface area (Å²) in [6.07, 6.45) is 3.80. The number of likely N-dealkylation sites (tertiary alicyclic amines) is 2. The Morgan fingerprint density at radius 1 is 1.03 bits per heavy atom. The molecule has 4 aliphatic heterocycles. The Morgan fingerprint density at radius 3 is 2.60 bits per heavy atom. The second-order valence-corrected chi connectivity index (χ2v) is 10.3. The van der Waals surface area contributed by atoms with Gasteiger partial charge in [0.15, 0.2) is 0 Å². The number of alkyl halides is 2. The number of pyridine rings is 1. The number of fused-ring (bicyclic) bond motifs is 6. The van der Waals surface area contributed by atoms with Crippen LogP contribution in [0, 0.1) is 5.92 Å². The summed E-state index contributed by atoms with van der Waals surface area (Å²) in [7, 11) is 0. The van der Waals surface area contributed by atoms with E-state index in [2.05, 4.69) is 15.9 Å². The average Bonchev–Trinajstić information content (AvgIpc) is 3.33. The molecule has 6 rings (SSSR count). The van der Waals surface area contributed by atoms with Crippen molar-refractivity contribution in [3.05, 3.63) is 33.7 Å². The Morgan fingerprint density at radius 2 is 1.87 bits per heavy atom. The first-order chi connectivity index (χ1) is 14.4. The Bertz CT molecular complexity index is 878. The molecule has 4 fully saturated rings. The third kappa shape index (κ3) is 3.33. The topological polar surface area (TPSA) is 37.7 Å². The van der Waals surface area contributed by atoms with E-state index in [4.69, 9.17) is 4.74 Å². The van der Waals surface area contributed by atoms with E-state index in [-0.39, 0.29) is 24.4 Å². The van der Waals surface area contributed by atoms with Crippen LogP contribution in [0.5, 0.6) is 0 Å². The highest BCUT2D eigenvalue weighted by atomic mass is 19.3. The summed E-state index contributed by atoms with van der Waals surface area (Å²) >= 11 is 0. The fourth-order valence-corrected chi connectivity index (χ4v) is 6.73. The van der Waals surface area contributed by atoms with E-state index in [1.807, 2.05) is 10.6 Å². The molecule has 0 aromatic carbocycles. The minimum Gasteiger partial charge on any atom is -0.375 e. The van der Waals surface area contributed by atoms with E-state index >= 15 is 0 Å². The normalized spacial score (nSPS) is 36.2. The molecule has 0 spiro atoms. The number of halogens is 2. The molecule has 7 heteroatoms. The van der Waals surface area contributed by atoms with Crippen molar-refractivity contribution < 1.29 is 13.5 Å². The van der Waals surface area contributed by atoms with Gasteiger partial charge in [0.2, 0.25) is 5.92 Å². The van der Waals surface area contributed by atoms with Crippen molar-refractivity contribution in [3.63, 3.8) is 0 Å². The zero-order chi connectivity index (χ0) is 20.5. The average molecular weight is 420 g/mol. The fraction of sp³-hybridized carbons (Fsp3) is 0.783. The Kier molecular flexibility index (Phi) is 4.59. The van der Waals surface area contributed by atoms with Crippen LogP contribution in [-0.4, -0.2) is 64.7 Å². The summed E-state index contributed by atoms with van der Waals surface area (Å²) in [5.74, 6) is -1.68. The van der Waals surface area contributed by atoms with Gasteiger partial charge >= 0.3 is 0 Å². The minimum absolute atomic E-state index is 0.0201. The van der Waals surface area contributed by atoms with E-state index in [1.165, 1.54) is 0 Å². The van der Waals surface area contributed by atoms with Gasteiger partial charge in [-0.25, -0.2) is 8.78 Å². The van der Waals surface area contributed by atoms with Gasteiger partial charge in [0.25, 0.3) is 5.56 Å². The lowest BCUT2D eigenvalue weighted by atomic mass is 9.80. The summed E-state index contributed by atoms with van der Waals surface area (Å²) in [6.45, 7) is 5.07. The summed E-state index contributed by atoms with van der Waals surface area (Å²) in [5.41, 5.74) is 2.23. The lowest BCUT2D eigenvalue weighted by Crippen LogP contribution is -2.52. The summed E-state index contributed by atoms with van der Waals surface area (Å²) < 4.78 is 34.9. The molecule has 3 saturated heterocycles. The van der Waals surface area contributed by atoms with Gasteiger partial charge in [-0.15, -0.1) is 0 Å². The molecule has 164 valence electrons. The maximum absolute atomic E-state index is 13.6. The first kappa shape index (κ1) is 19.4. The zero-order valence-corrected chi connectivity index (χ0v) is 17.4. The first-order valence-electron chi connectivity index (χ1n) is 11.7. The number of hydrogen-bond acceptors (Lipinski definition) is 4. The molecule has 1 aliphatic carbocycles. The Labute approximate surface area is 176 Å². The van der Waals surface area contributed by atoms with Gasteiger partial charge in [0, 0.05) is 74.8 Å². The highest BCUT2D eigenvalue weighted by molar-refractivity contribution is 5.23. The zero-order valence-electron chi connectivity index (χ0n) is 17.4. The van der Waals surface area contributed by atoms with Crippen molar-refractivity contribution in [2.24, 2.45) is 5.92 Å². The van der Waals surface area contributed by atoms with E-state index in [0.29, 0.717) is 36.8 Å². The Balaban J connectivity index is 1.19. The molecular formula is C23H31F2N3O2. The van der Waals surface area contributed by atoms with E-state index in [1.54, 1.807) is 0 Å². The summed E-state index contributed by atoms with van der Waals surface area (Å²) in [5, 5.41) is 0. The molecular weight excluding hydrogens is 388 g/mol. The number of piperidine rings is 1. The van der Waals surface area contributed by atoms with Gasteiger partial charge in [-0.1, -0.05) is 6.07 Å². The van der Waals surface area contributed by atoms with Crippen molar-refractivity contribution in [3.8, 4) is 0 Å². The standard InChI is InChI=1S/C23H31F2N3O2/c24-23(25)5-3-18(4-6-23)26-9-15-7-17(12-26)21-2-1-16(22(29)28(21)10-15)11-27-13-20-8-19(27)14-30-20/h1-2,15,17-20H,3-14H2/t15-,17+,19+,20+/m0/s1. The number of ether oxygens (including phenoxy) is 1. The maximum atomic E-state index is 13.6. The highest BCUT2D eigenvalue weighted by Crippen LogP contribution is 2.40. The summed E-state index contributed by atoms with van der Waals surface area (Å²) in [4.78, 5) is 18.2. The molecule has 1 saturated carbocycles. The van der Waals surface area contributed by atoms with Crippen molar-refractivity contribution in [1.29, 1.82) is 0 Å². The third-order valence-corrected chi connectivity index (χ3v) is 8.30. The first-order valence-corrected chi connectivity index (χ1v) is 11.7. The third-order valence-electron chi connectivity index (χ3n) is 8.30. The van der Waals surface area contributed by atoms with Crippen molar-refractivity contribution in [2.45, 2.75) is 81.6 Å². The van der Waals surface area contributed by atoms with Crippen molar-refractivity contribution in [1.82, 2.24) is 14.4 Å². The van der Waals surface area contributed by atoms with E-state index < -0.39 is 5.92 Å². The second kappa shape index (κ2) is 7.10. The van der Waals surface area contributed by atoms with E-state index in [9.17, 15) is 13.6 Å². The predicted octanol–water partition coefficient (Wildman–Crippen LogP) is 2.82. The highest BCUT2D eigenvalue weighted by Gasteiger charge is 2.42. The molecule has 5 nitrogen and oxygen atoms in total. The van der Waals surface area contributed by atoms with Crippen molar-refractivity contribution >= 4 is 0 Å². The molecule has 1 aromatic rings. The van der Waals surface area contributed by atoms with Gasteiger partial charge in [-0.2, -0.15) is 0 Å². The summed E-state index contributed by atoms with van der Waals surface area (Å²) in [6, 6.07) is 4.95. The van der Waals surface area contributed by atoms with Crippen LogP contribution in [0.2, 0.25) is 0 Å². The molecule has 0 N–H and O–H groups in total. The van der Waals surface area contributed by atoms with Crippen LogP contribution in [-0.2, 0) is 17.8 Å². The molecule has 30 heavy (non-hydrogen) atoms. The number of aromatic nitrogens is 1. The lowest BCUT2D eigenvalue weighted by molar-refractivity contribution is -0.0602. The van der Waals surface area contributed by atoms with E-state index in [0.717, 1.165) is 63.4 Å². The molecule has 0 radical (unpaired) electrons. The maximum Gasteiger partial charge on any atom is 0.255 e. The molecule has 5 aliphatic rings. The van der Waals surface area contributed by atoms with Crippen LogP contribution in [0.25, 0.3) is 0 Å². The number of nitrogens with zero attached hydrogens (tertiary/aromatic N) is 3. The van der Waals surface area contributed by atoms with Crippen LogP contribution in [0.1, 0.15) is 55.7 Å². The molecule has 5 heterocycles. The van der Waals surface area contributed by atoms with Gasteiger partial charge < -0.3 is 9.30 Å². The van der Waals surface area contributed by atoms with Gasteiger partial charge in [0.1, 0.15) is 0 Å². The van der Waals surface area contributed by atoms with Crippen LogP contribution in [0.4, 0.5) is 8.78 Å². The largest absolute Gasteiger partial charge is 0.375 e. The quantitative estimate of drug-likeness (QED) is 0.755. The Hall–Kier alpha value is -1.31. The van der Waals surface area contributed by atoms with Gasteiger partial charge in [-0.3, -0.25) is 14.6 Å². The van der Waals surface area contributed by atoms with Gasteiger partial charge in [0.05, 0.1) is 12.7 Å². The molecule has 0 amide bonds. The van der Waals surface area contributed by atoms with Crippen LogP contribution >= 0.6 is 0 Å². The monoisotopic (exact) mass is 419 g/mol. The number of rotatable bonds is 3. The molecule has 0 unspecified atom stereocenters. The number of morpholine rings is 1. The van der Waals surface area contributed by atoms with Gasteiger partial charge in [-0.05, 0) is 37.7 Å². The van der Waals surface area contributed by atoms with Crippen LogP contribution in [0.15, 0.2) is 16.9 Å². The SMILES string of the molecule is O=c1c(CN2C[C@H]3C[C@@H]2CO3)ccc2n1C[C@H]1C[C@@H]2CN(C2CCC(F)(F)CC2)C1. The smallest absolute Gasteiger partial charge is 0.255 e. The fourth-order valence-electron chi connectivity index (χ4n) is 6.73. The predicted molar refractivity (Wildman–Crippen MR) is 109 cm³/mol. The second-order valence-electron chi connectivity index (χ2n) is 10.3. The van der Waals surface area contributed by atoms with Crippen molar-refractivity contribution in [2.75, 3.05) is 26.2 Å².